The molecule has 0 radical (unpaired) electrons. The lowest BCUT2D eigenvalue weighted by molar-refractivity contribution is -0.114. The summed E-state index contributed by atoms with van der Waals surface area (Å²) in [6.07, 6.45) is 0. The van der Waals surface area contributed by atoms with Gasteiger partial charge in [-0.05, 0) is 24.6 Å². The van der Waals surface area contributed by atoms with E-state index >= 15 is 0 Å². The molecule has 1 aromatic carbocycles. The van der Waals surface area contributed by atoms with E-state index in [9.17, 15) is 9.90 Å². The number of phenols is 1. The zero-order valence-corrected chi connectivity index (χ0v) is 8.97. The van der Waals surface area contributed by atoms with Crippen molar-refractivity contribution >= 4 is 27.5 Å². The second kappa shape index (κ2) is 3.79. The zero-order valence-electron chi connectivity index (χ0n) is 7.39. The highest BCUT2D eigenvalue weighted by Gasteiger charge is 2.05. The fourth-order valence-corrected chi connectivity index (χ4v) is 1.30. The van der Waals surface area contributed by atoms with E-state index in [1.54, 1.807) is 12.1 Å². The van der Waals surface area contributed by atoms with Gasteiger partial charge in [0.15, 0.2) is 0 Å². The van der Waals surface area contributed by atoms with Gasteiger partial charge in [0.25, 0.3) is 0 Å². The molecule has 0 aromatic heterocycles. The number of carbonyl (C=O) groups excluding carboxylic acids is 1. The number of aryl methyl sites for hydroxylation is 1. The van der Waals surface area contributed by atoms with Gasteiger partial charge in [-0.2, -0.15) is 0 Å². The third-order valence-corrected chi connectivity index (χ3v) is 2.44. The van der Waals surface area contributed by atoms with E-state index in [4.69, 9.17) is 0 Å². The summed E-state index contributed by atoms with van der Waals surface area (Å²) in [6.45, 7) is 3.26. The van der Waals surface area contributed by atoms with E-state index < -0.39 is 0 Å². The van der Waals surface area contributed by atoms with Crippen LogP contribution < -0.4 is 5.32 Å². The van der Waals surface area contributed by atoms with Crippen molar-refractivity contribution < 1.29 is 9.90 Å². The Balaban J connectivity index is 3.08. The van der Waals surface area contributed by atoms with E-state index in [-0.39, 0.29) is 11.7 Å². The van der Waals surface area contributed by atoms with Gasteiger partial charge in [-0.1, -0.05) is 15.9 Å². The largest absolute Gasteiger partial charge is 0.506 e. The SMILES string of the molecule is CC(=O)Nc1cc(Br)c(C)cc1O. The molecule has 13 heavy (non-hydrogen) atoms. The van der Waals surface area contributed by atoms with Crippen LogP contribution in [-0.2, 0) is 4.79 Å². The normalized spacial score (nSPS) is 9.77. The highest BCUT2D eigenvalue weighted by molar-refractivity contribution is 9.10. The number of rotatable bonds is 1. The number of hydrogen-bond acceptors (Lipinski definition) is 2. The van der Waals surface area contributed by atoms with Crippen molar-refractivity contribution in [2.75, 3.05) is 5.32 Å². The van der Waals surface area contributed by atoms with Gasteiger partial charge in [0, 0.05) is 11.4 Å². The Labute approximate surface area is 84.9 Å². The molecule has 0 aliphatic carbocycles. The van der Waals surface area contributed by atoms with Gasteiger partial charge in [0.2, 0.25) is 5.91 Å². The molecule has 0 bridgehead atoms. The fraction of sp³-hybridized carbons (Fsp3) is 0.222. The molecule has 4 heteroatoms. The van der Waals surface area contributed by atoms with Crippen LogP contribution in [0.25, 0.3) is 0 Å². The number of halogens is 1. The first-order chi connectivity index (χ1) is 6.00. The van der Waals surface area contributed by atoms with E-state index in [1.165, 1.54) is 6.92 Å². The highest BCUT2D eigenvalue weighted by atomic mass is 79.9. The van der Waals surface area contributed by atoms with Crippen LogP contribution in [0.2, 0.25) is 0 Å². The number of hydrogen-bond donors (Lipinski definition) is 2. The molecule has 70 valence electrons. The van der Waals surface area contributed by atoms with Gasteiger partial charge in [-0.25, -0.2) is 0 Å². The molecule has 1 amide bonds. The third kappa shape index (κ3) is 2.45. The molecule has 1 aromatic rings. The molecule has 0 aliphatic heterocycles. The lowest BCUT2D eigenvalue weighted by Gasteiger charge is -2.07. The minimum absolute atomic E-state index is 0.0795. The Morgan fingerprint density at radius 3 is 2.69 bits per heavy atom. The molecule has 0 unspecified atom stereocenters. The van der Waals surface area contributed by atoms with Crippen molar-refractivity contribution in [2.45, 2.75) is 13.8 Å². The van der Waals surface area contributed by atoms with Crippen molar-refractivity contribution in [2.24, 2.45) is 0 Å². The molecular weight excluding hydrogens is 234 g/mol. The number of amides is 1. The van der Waals surface area contributed by atoms with Crippen LogP contribution >= 0.6 is 15.9 Å². The maximum absolute atomic E-state index is 10.7. The quantitative estimate of drug-likeness (QED) is 0.745. The summed E-state index contributed by atoms with van der Waals surface area (Å²) in [6, 6.07) is 3.27. The minimum Gasteiger partial charge on any atom is -0.506 e. The van der Waals surface area contributed by atoms with Crippen LogP contribution in [0.15, 0.2) is 16.6 Å². The van der Waals surface area contributed by atoms with E-state index in [0.717, 1.165) is 10.0 Å². The molecule has 0 atom stereocenters. The van der Waals surface area contributed by atoms with Gasteiger partial charge in [-0.3, -0.25) is 4.79 Å². The topological polar surface area (TPSA) is 49.3 Å². The first kappa shape index (κ1) is 10.1. The summed E-state index contributed by atoms with van der Waals surface area (Å²) in [4.78, 5) is 10.7. The molecular formula is C9H10BrNO2. The minimum atomic E-state index is -0.203. The van der Waals surface area contributed by atoms with Gasteiger partial charge >= 0.3 is 0 Å². The number of aromatic hydroxyl groups is 1. The van der Waals surface area contributed by atoms with Crippen molar-refractivity contribution in [3.63, 3.8) is 0 Å². The number of benzene rings is 1. The second-order valence-corrected chi connectivity index (χ2v) is 3.65. The van der Waals surface area contributed by atoms with Crippen LogP contribution in [0.4, 0.5) is 5.69 Å². The molecule has 3 nitrogen and oxygen atoms in total. The molecule has 0 spiro atoms. The van der Waals surface area contributed by atoms with Gasteiger partial charge in [0.1, 0.15) is 5.75 Å². The third-order valence-electron chi connectivity index (χ3n) is 1.59. The first-order valence-electron chi connectivity index (χ1n) is 3.77. The van der Waals surface area contributed by atoms with Crippen LogP contribution in [0, 0.1) is 6.92 Å². The number of carbonyl (C=O) groups is 1. The second-order valence-electron chi connectivity index (χ2n) is 2.80. The summed E-state index contributed by atoms with van der Waals surface area (Å²) < 4.78 is 0.856. The Kier molecular flexibility index (Phi) is 2.93. The van der Waals surface area contributed by atoms with Crippen LogP contribution in [-0.4, -0.2) is 11.0 Å². The van der Waals surface area contributed by atoms with Crippen LogP contribution in [0.1, 0.15) is 12.5 Å². The Bertz CT molecular complexity index is 350. The monoisotopic (exact) mass is 243 g/mol. The molecule has 0 fully saturated rings. The summed E-state index contributed by atoms with van der Waals surface area (Å²) in [7, 11) is 0. The van der Waals surface area contributed by atoms with Crippen molar-refractivity contribution in [3.05, 3.63) is 22.2 Å². The molecule has 0 heterocycles. The van der Waals surface area contributed by atoms with Crippen LogP contribution in [0.5, 0.6) is 5.75 Å². The maximum Gasteiger partial charge on any atom is 0.221 e. The zero-order chi connectivity index (χ0) is 10.0. The summed E-state index contributed by atoms with van der Waals surface area (Å²) in [5.41, 5.74) is 1.34. The predicted octanol–water partition coefficient (Wildman–Crippen LogP) is 2.42. The standard InChI is InChI=1S/C9H10BrNO2/c1-5-3-9(13)8(4-7(5)10)11-6(2)12/h3-4,13H,1-2H3,(H,11,12). The summed E-state index contributed by atoms with van der Waals surface area (Å²) in [5, 5.41) is 12.0. The van der Waals surface area contributed by atoms with Crippen molar-refractivity contribution in [3.8, 4) is 5.75 Å². The smallest absolute Gasteiger partial charge is 0.221 e. The van der Waals surface area contributed by atoms with Crippen molar-refractivity contribution in [1.82, 2.24) is 0 Å². The first-order valence-corrected chi connectivity index (χ1v) is 4.56. The molecule has 1 rings (SSSR count). The lowest BCUT2D eigenvalue weighted by Crippen LogP contribution is -2.05. The Morgan fingerprint density at radius 1 is 1.54 bits per heavy atom. The average molecular weight is 244 g/mol. The van der Waals surface area contributed by atoms with E-state index in [0.29, 0.717) is 5.69 Å². The Hall–Kier alpha value is -1.03. The average Bonchev–Trinajstić information content (AvgIpc) is 1.99. The van der Waals surface area contributed by atoms with Gasteiger partial charge in [-0.15, -0.1) is 0 Å². The van der Waals surface area contributed by atoms with Gasteiger partial charge in [0.05, 0.1) is 5.69 Å². The maximum atomic E-state index is 10.7. The van der Waals surface area contributed by atoms with Gasteiger partial charge < -0.3 is 10.4 Å². The molecule has 0 aliphatic rings. The summed E-state index contributed by atoms with van der Waals surface area (Å²) >= 11 is 3.31. The highest BCUT2D eigenvalue weighted by Crippen LogP contribution is 2.29. The van der Waals surface area contributed by atoms with Crippen molar-refractivity contribution in [1.29, 1.82) is 0 Å². The number of phenolic OH excluding ortho intramolecular Hbond substituents is 1. The lowest BCUT2D eigenvalue weighted by atomic mass is 10.2. The van der Waals surface area contributed by atoms with E-state index in [1.807, 2.05) is 6.92 Å². The predicted molar refractivity (Wildman–Crippen MR) is 54.8 cm³/mol. The van der Waals surface area contributed by atoms with E-state index in [2.05, 4.69) is 21.2 Å². The summed E-state index contributed by atoms with van der Waals surface area (Å²) in [5.74, 6) is -0.123. The molecule has 0 saturated carbocycles. The molecule has 2 N–H and O–H groups in total. The fourth-order valence-electron chi connectivity index (χ4n) is 0.956. The molecule has 0 saturated heterocycles. The Morgan fingerprint density at radius 2 is 2.15 bits per heavy atom. The number of anilines is 1. The number of nitrogens with one attached hydrogen (secondary N) is 1. The van der Waals surface area contributed by atoms with Crippen LogP contribution in [0.3, 0.4) is 0 Å².